The van der Waals surface area contributed by atoms with Gasteiger partial charge in [-0.05, 0) is 24.5 Å². The van der Waals surface area contributed by atoms with Crippen LogP contribution in [-0.4, -0.2) is 16.7 Å². The summed E-state index contributed by atoms with van der Waals surface area (Å²) in [5.41, 5.74) is 3.93. The molecule has 0 aliphatic rings. The van der Waals surface area contributed by atoms with E-state index in [2.05, 4.69) is 18.8 Å². The van der Waals surface area contributed by atoms with Crippen molar-refractivity contribution in [2.75, 3.05) is 6.61 Å². The van der Waals surface area contributed by atoms with E-state index in [0.29, 0.717) is 5.92 Å². The number of aromatic nitrogens is 1. The zero-order chi connectivity index (χ0) is 9.84. The van der Waals surface area contributed by atoms with E-state index in [-0.39, 0.29) is 6.61 Å². The van der Waals surface area contributed by atoms with Gasteiger partial charge in [0.05, 0.1) is 17.8 Å². The van der Waals surface area contributed by atoms with Crippen LogP contribution in [0.25, 0.3) is 6.08 Å². The highest BCUT2D eigenvalue weighted by molar-refractivity contribution is 7.10. The van der Waals surface area contributed by atoms with Crippen LogP contribution in [0.2, 0.25) is 0 Å². The smallest absolute Gasteiger partial charge is 0.0801 e. The molecule has 2 nitrogen and oxygen atoms in total. The van der Waals surface area contributed by atoms with Gasteiger partial charge in [-0.25, -0.2) is 4.98 Å². The highest BCUT2D eigenvalue weighted by Crippen LogP contribution is 2.19. The molecule has 0 radical (unpaired) electrons. The van der Waals surface area contributed by atoms with Gasteiger partial charge in [0.2, 0.25) is 0 Å². The molecule has 0 fully saturated rings. The second-order valence-corrected chi connectivity index (χ2v) is 4.22. The fourth-order valence-corrected chi connectivity index (χ4v) is 1.78. The van der Waals surface area contributed by atoms with E-state index < -0.39 is 0 Å². The van der Waals surface area contributed by atoms with Crippen molar-refractivity contribution in [1.29, 1.82) is 0 Å². The van der Waals surface area contributed by atoms with Gasteiger partial charge in [-0.15, -0.1) is 11.3 Å². The van der Waals surface area contributed by atoms with Crippen molar-refractivity contribution < 1.29 is 5.11 Å². The second kappa shape index (κ2) is 4.53. The Balaban J connectivity index is 2.91. The first-order valence-corrected chi connectivity index (χ1v) is 5.24. The Hall–Kier alpha value is -0.670. The lowest BCUT2D eigenvalue weighted by molar-refractivity contribution is 0.320. The van der Waals surface area contributed by atoms with E-state index in [4.69, 9.17) is 5.11 Å². The Bertz CT molecular complexity index is 302. The number of aliphatic hydroxyl groups excluding tert-OH is 1. The number of aliphatic hydroxyl groups is 1. The fraction of sp³-hybridized carbons (Fsp3) is 0.500. The summed E-state index contributed by atoms with van der Waals surface area (Å²) in [7, 11) is 0. The molecule has 1 heterocycles. The van der Waals surface area contributed by atoms with Crippen molar-refractivity contribution in [3.63, 3.8) is 0 Å². The van der Waals surface area contributed by atoms with Crippen LogP contribution in [0.3, 0.4) is 0 Å². The Labute approximate surface area is 83.0 Å². The molecule has 0 aromatic carbocycles. The largest absolute Gasteiger partial charge is 0.392 e. The molecule has 3 heteroatoms. The molecular formula is C10H15NOS. The number of hydrogen-bond acceptors (Lipinski definition) is 3. The molecule has 0 bridgehead atoms. The number of aryl methyl sites for hydroxylation is 1. The van der Waals surface area contributed by atoms with Crippen molar-refractivity contribution in [2.24, 2.45) is 5.92 Å². The molecule has 1 aromatic rings. The standard InChI is InChI=1S/C10H15NOS/c1-7(2)9(5-12)4-10-8(3)11-6-13-10/h4,6-7,12H,5H2,1-3H3. The van der Waals surface area contributed by atoms with Gasteiger partial charge >= 0.3 is 0 Å². The summed E-state index contributed by atoms with van der Waals surface area (Å²) in [6, 6.07) is 0. The summed E-state index contributed by atoms with van der Waals surface area (Å²) in [4.78, 5) is 5.31. The van der Waals surface area contributed by atoms with E-state index in [9.17, 15) is 0 Å². The lowest BCUT2D eigenvalue weighted by Gasteiger charge is -2.06. The van der Waals surface area contributed by atoms with Crippen LogP contribution in [-0.2, 0) is 0 Å². The van der Waals surface area contributed by atoms with Gasteiger partial charge in [0.15, 0.2) is 0 Å². The molecule has 1 aromatic heterocycles. The maximum atomic E-state index is 9.10. The molecule has 1 N–H and O–H groups in total. The highest BCUT2D eigenvalue weighted by atomic mass is 32.1. The van der Waals surface area contributed by atoms with Crippen LogP contribution >= 0.6 is 11.3 Å². The third-order valence-electron chi connectivity index (χ3n) is 2.02. The van der Waals surface area contributed by atoms with Gasteiger partial charge in [-0.1, -0.05) is 13.8 Å². The molecular weight excluding hydrogens is 182 g/mol. The number of rotatable bonds is 3. The van der Waals surface area contributed by atoms with Crippen LogP contribution in [0, 0.1) is 12.8 Å². The average molecular weight is 197 g/mol. The van der Waals surface area contributed by atoms with Crippen molar-refractivity contribution >= 4 is 17.4 Å². The topological polar surface area (TPSA) is 33.1 Å². The lowest BCUT2D eigenvalue weighted by Crippen LogP contribution is -1.98. The summed E-state index contributed by atoms with van der Waals surface area (Å²) < 4.78 is 0. The first kappa shape index (κ1) is 10.4. The zero-order valence-electron chi connectivity index (χ0n) is 8.24. The van der Waals surface area contributed by atoms with Crippen molar-refractivity contribution in [3.05, 3.63) is 21.7 Å². The summed E-state index contributed by atoms with van der Waals surface area (Å²) in [6.45, 7) is 6.28. The monoisotopic (exact) mass is 197 g/mol. The summed E-state index contributed by atoms with van der Waals surface area (Å²) >= 11 is 1.61. The molecule has 0 unspecified atom stereocenters. The first-order chi connectivity index (χ1) is 6.15. The Kier molecular flexibility index (Phi) is 3.63. The molecule has 0 saturated carbocycles. The third-order valence-corrected chi connectivity index (χ3v) is 2.90. The normalized spacial score (nSPS) is 12.5. The molecule has 0 saturated heterocycles. The van der Waals surface area contributed by atoms with Gasteiger partial charge in [0.25, 0.3) is 0 Å². The van der Waals surface area contributed by atoms with E-state index in [0.717, 1.165) is 16.1 Å². The number of hydrogen-bond donors (Lipinski definition) is 1. The highest BCUT2D eigenvalue weighted by Gasteiger charge is 2.04. The molecule has 0 aliphatic carbocycles. The molecule has 0 amide bonds. The minimum absolute atomic E-state index is 0.134. The quantitative estimate of drug-likeness (QED) is 0.807. The van der Waals surface area contributed by atoms with Crippen molar-refractivity contribution in [3.8, 4) is 0 Å². The minimum atomic E-state index is 0.134. The summed E-state index contributed by atoms with van der Waals surface area (Å²) in [6.07, 6.45) is 2.04. The van der Waals surface area contributed by atoms with E-state index in [1.807, 2.05) is 18.5 Å². The average Bonchev–Trinajstić information content (AvgIpc) is 2.46. The molecule has 1 rings (SSSR count). The van der Waals surface area contributed by atoms with Gasteiger partial charge in [-0.2, -0.15) is 0 Å². The maximum absolute atomic E-state index is 9.10. The van der Waals surface area contributed by atoms with Gasteiger partial charge < -0.3 is 5.11 Å². The van der Waals surface area contributed by atoms with Crippen molar-refractivity contribution in [2.45, 2.75) is 20.8 Å². The van der Waals surface area contributed by atoms with E-state index >= 15 is 0 Å². The SMILES string of the molecule is Cc1ncsc1C=C(CO)C(C)C. The molecule has 0 aliphatic heterocycles. The predicted molar refractivity (Wildman–Crippen MR) is 56.8 cm³/mol. The fourth-order valence-electron chi connectivity index (χ4n) is 1.01. The minimum Gasteiger partial charge on any atom is -0.392 e. The van der Waals surface area contributed by atoms with Gasteiger partial charge in [0.1, 0.15) is 0 Å². The number of thiazole rings is 1. The predicted octanol–water partition coefficient (Wildman–Crippen LogP) is 2.48. The molecule has 0 spiro atoms. The zero-order valence-corrected chi connectivity index (χ0v) is 9.06. The molecule has 0 atom stereocenters. The Morgan fingerprint density at radius 2 is 2.38 bits per heavy atom. The first-order valence-electron chi connectivity index (χ1n) is 4.36. The van der Waals surface area contributed by atoms with Crippen LogP contribution < -0.4 is 0 Å². The van der Waals surface area contributed by atoms with Crippen LogP contribution in [0.4, 0.5) is 0 Å². The Morgan fingerprint density at radius 3 is 2.77 bits per heavy atom. The van der Waals surface area contributed by atoms with Crippen LogP contribution in [0.15, 0.2) is 11.1 Å². The second-order valence-electron chi connectivity index (χ2n) is 3.33. The van der Waals surface area contributed by atoms with Gasteiger partial charge in [0, 0.05) is 4.88 Å². The Morgan fingerprint density at radius 1 is 1.69 bits per heavy atom. The van der Waals surface area contributed by atoms with Crippen LogP contribution in [0.1, 0.15) is 24.4 Å². The van der Waals surface area contributed by atoms with E-state index in [1.165, 1.54) is 0 Å². The molecule has 13 heavy (non-hydrogen) atoms. The van der Waals surface area contributed by atoms with E-state index in [1.54, 1.807) is 11.3 Å². The van der Waals surface area contributed by atoms with Crippen LogP contribution in [0.5, 0.6) is 0 Å². The lowest BCUT2D eigenvalue weighted by atomic mass is 10.0. The third kappa shape index (κ3) is 2.64. The van der Waals surface area contributed by atoms with Crippen molar-refractivity contribution in [1.82, 2.24) is 4.98 Å². The number of nitrogens with zero attached hydrogens (tertiary/aromatic N) is 1. The summed E-state index contributed by atoms with van der Waals surface area (Å²) in [5.74, 6) is 0.395. The summed E-state index contributed by atoms with van der Waals surface area (Å²) in [5, 5.41) is 9.10. The molecule has 72 valence electrons. The van der Waals surface area contributed by atoms with Gasteiger partial charge in [-0.3, -0.25) is 0 Å². The maximum Gasteiger partial charge on any atom is 0.0801 e.